The third-order valence-corrected chi connectivity index (χ3v) is 2.60. The third kappa shape index (κ3) is 1.10. The fraction of sp³-hybridized carbons (Fsp3) is 0.111. The smallest absolute Gasteiger partial charge is 0.125 e. The first kappa shape index (κ1) is 7.68. The minimum Gasteiger partial charge on any atom is -0.360 e. The molecular weight excluding hydrogens is 173 g/mol. The number of nitrogens with one attached hydrogen (secondary N) is 1. The first-order valence-electron chi connectivity index (χ1n) is 3.62. The monoisotopic (exact) mass is 181 g/mol. The van der Waals surface area contributed by atoms with Gasteiger partial charge in [-0.2, -0.15) is 0 Å². The zero-order valence-corrected chi connectivity index (χ0v) is 7.41. The van der Waals surface area contributed by atoms with Crippen molar-refractivity contribution in [1.29, 1.82) is 0 Å². The summed E-state index contributed by atoms with van der Waals surface area (Å²) >= 11 is 1.66. The maximum absolute atomic E-state index is 12.7. The van der Waals surface area contributed by atoms with Gasteiger partial charge in [-0.05, 0) is 24.5 Å². The van der Waals surface area contributed by atoms with E-state index in [2.05, 4.69) is 4.98 Å². The van der Waals surface area contributed by atoms with Crippen molar-refractivity contribution < 1.29 is 4.39 Å². The van der Waals surface area contributed by atoms with Crippen molar-refractivity contribution in [1.82, 2.24) is 4.98 Å². The first-order valence-corrected chi connectivity index (χ1v) is 4.84. The standard InChI is InChI=1S/C9H8FNS/c1-12-9-5-11-8-4-6(10)2-3-7(8)9/h2-5,11H,1H3. The Morgan fingerprint density at radius 2 is 2.25 bits per heavy atom. The van der Waals surface area contributed by atoms with Gasteiger partial charge in [-0.1, -0.05) is 0 Å². The molecule has 1 aromatic carbocycles. The van der Waals surface area contributed by atoms with Crippen molar-refractivity contribution >= 4 is 22.7 Å². The Morgan fingerprint density at radius 1 is 1.42 bits per heavy atom. The van der Waals surface area contributed by atoms with Gasteiger partial charge in [0.1, 0.15) is 5.82 Å². The van der Waals surface area contributed by atoms with E-state index in [1.807, 2.05) is 12.5 Å². The van der Waals surface area contributed by atoms with Gasteiger partial charge in [0, 0.05) is 22.0 Å². The van der Waals surface area contributed by atoms with Gasteiger partial charge in [0.05, 0.1) is 0 Å². The Morgan fingerprint density at radius 3 is 3.00 bits per heavy atom. The summed E-state index contributed by atoms with van der Waals surface area (Å²) in [6.45, 7) is 0. The van der Waals surface area contributed by atoms with Crippen molar-refractivity contribution in [3.8, 4) is 0 Å². The fourth-order valence-electron chi connectivity index (χ4n) is 1.24. The lowest BCUT2D eigenvalue weighted by Crippen LogP contribution is -1.72. The summed E-state index contributed by atoms with van der Waals surface area (Å²) in [4.78, 5) is 4.18. The van der Waals surface area contributed by atoms with Crippen LogP contribution in [0.5, 0.6) is 0 Å². The van der Waals surface area contributed by atoms with Gasteiger partial charge in [0.25, 0.3) is 0 Å². The van der Waals surface area contributed by atoms with Crippen molar-refractivity contribution in [2.45, 2.75) is 4.90 Å². The van der Waals surface area contributed by atoms with E-state index < -0.39 is 0 Å². The number of halogens is 1. The number of hydrogen-bond donors (Lipinski definition) is 1. The Bertz CT molecular complexity index is 408. The Hall–Kier alpha value is -0.960. The normalized spacial score (nSPS) is 10.8. The number of benzene rings is 1. The van der Waals surface area contributed by atoms with Crippen molar-refractivity contribution in [3.05, 3.63) is 30.2 Å². The molecule has 62 valence electrons. The van der Waals surface area contributed by atoms with E-state index in [-0.39, 0.29) is 5.82 Å². The number of aromatic amines is 1. The van der Waals surface area contributed by atoms with Crippen LogP contribution >= 0.6 is 11.8 Å². The molecule has 2 aromatic rings. The Kier molecular flexibility index (Phi) is 1.81. The average molecular weight is 181 g/mol. The number of thioether (sulfide) groups is 1. The second-order valence-electron chi connectivity index (χ2n) is 2.55. The highest BCUT2D eigenvalue weighted by Crippen LogP contribution is 2.25. The molecule has 1 heterocycles. The molecule has 2 rings (SSSR count). The summed E-state index contributed by atoms with van der Waals surface area (Å²) in [7, 11) is 0. The summed E-state index contributed by atoms with van der Waals surface area (Å²) in [6, 6.07) is 4.79. The molecule has 0 spiro atoms. The van der Waals surface area contributed by atoms with Crippen LogP contribution in [0.15, 0.2) is 29.3 Å². The molecule has 1 nitrogen and oxygen atoms in total. The zero-order valence-electron chi connectivity index (χ0n) is 6.60. The Labute approximate surface area is 74.0 Å². The first-order chi connectivity index (χ1) is 5.81. The van der Waals surface area contributed by atoms with Crippen LogP contribution in [0.4, 0.5) is 4.39 Å². The lowest BCUT2D eigenvalue weighted by Gasteiger charge is -1.92. The van der Waals surface area contributed by atoms with Crippen LogP contribution in [0.1, 0.15) is 0 Å². The van der Waals surface area contributed by atoms with E-state index in [1.165, 1.54) is 12.1 Å². The number of H-pyrrole nitrogens is 1. The van der Waals surface area contributed by atoms with Gasteiger partial charge < -0.3 is 4.98 Å². The molecule has 0 aliphatic rings. The predicted octanol–water partition coefficient (Wildman–Crippen LogP) is 3.03. The molecule has 0 bridgehead atoms. The maximum Gasteiger partial charge on any atom is 0.125 e. The van der Waals surface area contributed by atoms with E-state index in [4.69, 9.17) is 0 Å². The highest BCUT2D eigenvalue weighted by atomic mass is 32.2. The molecule has 1 aromatic heterocycles. The summed E-state index contributed by atoms with van der Waals surface area (Å²) in [5.74, 6) is -0.197. The maximum atomic E-state index is 12.7. The summed E-state index contributed by atoms with van der Waals surface area (Å²) in [5.41, 5.74) is 0.861. The fourth-order valence-corrected chi connectivity index (χ4v) is 1.82. The van der Waals surface area contributed by atoms with Gasteiger partial charge in [-0.15, -0.1) is 11.8 Å². The van der Waals surface area contributed by atoms with E-state index in [0.717, 1.165) is 15.8 Å². The molecule has 0 fully saturated rings. The van der Waals surface area contributed by atoms with Crippen LogP contribution in [0.2, 0.25) is 0 Å². The van der Waals surface area contributed by atoms with E-state index >= 15 is 0 Å². The highest BCUT2D eigenvalue weighted by Gasteiger charge is 2.01. The molecule has 0 saturated heterocycles. The lowest BCUT2D eigenvalue weighted by atomic mass is 10.2. The quantitative estimate of drug-likeness (QED) is 0.668. The second kappa shape index (κ2) is 2.83. The Balaban J connectivity index is 2.73. The van der Waals surface area contributed by atoms with E-state index in [1.54, 1.807) is 17.8 Å². The second-order valence-corrected chi connectivity index (χ2v) is 3.40. The van der Waals surface area contributed by atoms with E-state index in [9.17, 15) is 4.39 Å². The van der Waals surface area contributed by atoms with Gasteiger partial charge in [0.15, 0.2) is 0 Å². The highest BCUT2D eigenvalue weighted by molar-refractivity contribution is 7.98. The van der Waals surface area contributed by atoms with Crippen molar-refractivity contribution in [2.24, 2.45) is 0 Å². The van der Waals surface area contributed by atoms with Crippen LogP contribution < -0.4 is 0 Å². The van der Waals surface area contributed by atoms with Gasteiger partial charge in [0.2, 0.25) is 0 Å². The third-order valence-electron chi connectivity index (χ3n) is 1.83. The molecule has 0 amide bonds. The summed E-state index contributed by atoms with van der Waals surface area (Å²) in [5, 5.41) is 1.09. The zero-order chi connectivity index (χ0) is 8.55. The van der Waals surface area contributed by atoms with Gasteiger partial charge in [-0.3, -0.25) is 0 Å². The molecule has 0 radical (unpaired) electrons. The number of aromatic nitrogens is 1. The lowest BCUT2D eigenvalue weighted by molar-refractivity contribution is 0.629. The van der Waals surface area contributed by atoms with Crippen LogP contribution in [0, 0.1) is 5.82 Å². The van der Waals surface area contributed by atoms with Gasteiger partial charge in [-0.25, -0.2) is 4.39 Å². The minimum atomic E-state index is -0.197. The number of rotatable bonds is 1. The van der Waals surface area contributed by atoms with Crippen molar-refractivity contribution in [3.63, 3.8) is 0 Å². The topological polar surface area (TPSA) is 15.8 Å². The molecule has 12 heavy (non-hydrogen) atoms. The van der Waals surface area contributed by atoms with Crippen LogP contribution in [0.3, 0.4) is 0 Å². The average Bonchev–Trinajstić information content (AvgIpc) is 2.46. The predicted molar refractivity (Wildman–Crippen MR) is 50.0 cm³/mol. The molecule has 0 aliphatic carbocycles. The molecule has 0 aliphatic heterocycles. The molecular formula is C9H8FNS. The molecule has 1 N–H and O–H groups in total. The SMILES string of the molecule is CSc1c[nH]c2cc(F)ccc12. The van der Waals surface area contributed by atoms with Gasteiger partial charge >= 0.3 is 0 Å². The summed E-state index contributed by atoms with van der Waals surface area (Å²) < 4.78 is 12.7. The summed E-state index contributed by atoms with van der Waals surface area (Å²) in [6.07, 6.45) is 3.90. The molecule has 3 heteroatoms. The van der Waals surface area contributed by atoms with Crippen LogP contribution in [0.25, 0.3) is 10.9 Å². The minimum absolute atomic E-state index is 0.197. The molecule has 0 unspecified atom stereocenters. The van der Waals surface area contributed by atoms with Crippen LogP contribution in [-0.2, 0) is 0 Å². The van der Waals surface area contributed by atoms with Crippen LogP contribution in [-0.4, -0.2) is 11.2 Å². The number of hydrogen-bond acceptors (Lipinski definition) is 1. The van der Waals surface area contributed by atoms with E-state index in [0.29, 0.717) is 0 Å². The number of fused-ring (bicyclic) bond motifs is 1. The molecule has 0 atom stereocenters. The largest absolute Gasteiger partial charge is 0.360 e. The van der Waals surface area contributed by atoms with Crippen molar-refractivity contribution in [2.75, 3.05) is 6.26 Å². The molecule has 0 saturated carbocycles.